The number of nitrogens with zero attached hydrogens (tertiary/aromatic N) is 1. The fraction of sp³-hybridized carbons (Fsp3) is 0.611. The maximum absolute atomic E-state index is 12.6. The maximum Gasteiger partial charge on any atom is 0.326 e. The molecule has 3 amide bonds. The minimum atomic E-state index is -1.61. The Morgan fingerprint density at radius 2 is 1.34 bits per heavy atom. The highest BCUT2D eigenvalue weighted by molar-refractivity contribution is 7.80. The summed E-state index contributed by atoms with van der Waals surface area (Å²) in [6.07, 6.45) is -1.33. The molecule has 0 spiro atoms. The first-order valence-electron chi connectivity index (χ1n) is 10.3. The van der Waals surface area contributed by atoms with Crippen LogP contribution in [0.3, 0.4) is 0 Å². The Balaban J connectivity index is 5.18. The molecule has 35 heavy (non-hydrogen) atoms. The molecule has 0 aliphatic heterocycles. The van der Waals surface area contributed by atoms with Crippen LogP contribution in [0.5, 0.6) is 0 Å². The number of nitrogens with two attached hydrogens (primary N) is 3. The van der Waals surface area contributed by atoms with E-state index in [0.29, 0.717) is 6.42 Å². The van der Waals surface area contributed by atoms with Crippen molar-refractivity contribution in [1.82, 2.24) is 16.0 Å². The molecular weight excluding hydrogens is 490 g/mol. The van der Waals surface area contributed by atoms with Crippen LogP contribution in [0.15, 0.2) is 4.99 Å². The Morgan fingerprint density at radius 3 is 1.83 bits per heavy atom. The molecule has 0 bridgehead atoms. The Hall–Kier alpha value is -3.60. The largest absolute Gasteiger partial charge is 0.481 e. The fourth-order valence-electron chi connectivity index (χ4n) is 2.58. The quantitative estimate of drug-likeness (QED) is 0.0381. The summed E-state index contributed by atoms with van der Waals surface area (Å²) < 4.78 is 0. The van der Waals surface area contributed by atoms with Gasteiger partial charge >= 0.3 is 17.9 Å². The summed E-state index contributed by atoms with van der Waals surface area (Å²) in [5.74, 6) is -7.54. The third kappa shape index (κ3) is 13.6. The van der Waals surface area contributed by atoms with E-state index in [1.165, 1.54) is 0 Å². The first-order valence-corrected chi connectivity index (χ1v) is 10.9. The predicted molar refractivity (Wildman–Crippen MR) is 124 cm³/mol. The lowest BCUT2D eigenvalue weighted by molar-refractivity contribution is -0.144. The van der Waals surface area contributed by atoms with Gasteiger partial charge in [0.05, 0.1) is 12.5 Å². The van der Waals surface area contributed by atoms with Crippen LogP contribution in [-0.4, -0.2) is 93.4 Å². The zero-order valence-electron chi connectivity index (χ0n) is 18.7. The molecule has 198 valence electrons. The summed E-state index contributed by atoms with van der Waals surface area (Å²) >= 11 is 3.92. The molecule has 0 heterocycles. The lowest BCUT2D eigenvalue weighted by Crippen LogP contribution is -2.58. The third-order valence-corrected chi connectivity index (χ3v) is 4.76. The zero-order valence-corrected chi connectivity index (χ0v) is 19.6. The summed E-state index contributed by atoms with van der Waals surface area (Å²) in [6, 6.07) is -5.69. The van der Waals surface area contributed by atoms with E-state index in [2.05, 4.69) is 33.6 Å². The van der Waals surface area contributed by atoms with E-state index in [0.717, 1.165) is 0 Å². The highest BCUT2D eigenvalue weighted by Gasteiger charge is 2.31. The van der Waals surface area contributed by atoms with Crippen molar-refractivity contribution in [3.63, 3.8) is 0 Å². The summed E-state index contributed by atoms with van der Waals surface area (Å²) in [6.45, 7) is 0.199. The van der Waals surface area contributed by atoms with Crippen molar-refractivity contribution in [1.29, 1.82) is 0 Å². The van der Waals surface area contributed by atoms with Crippen LogP contribution < -0.4 is 33.2 Å². The first-order chi connectivity index (χ1) is 16.3. The smallest absolute Gasteiger partial charge is 0.326 e. The molecule has 17 heteroatoms. The Kier molecular flexibility index (Phi) is 14.4. The molecule has 0 saturated carbocycles. The molecule has 0 saturated heterocycles. The number of guanidine groups is 1. The van der Waals surface area contributed by atoms with Crippen LogP contribution in [-0.2, 0) is 28.8 Å². The van der Waals surface area contributed by atoms with Crippen LogP contribution in [0, 0.1) is 0 Å². The number of carbonyl (C=O) groups is 6. The van der Waals surface area contributed by atoms with Gasteiger partial charge in [-0.15, -0.1) is 0 Å². The van der Waals surface area contributed by atoms with Crippen molar-refractivity contribution in [2.45, 2.75) is 56.3 Å². The topological polar surface area (TPSA) is 290 Å². The van der Waals surface area contributed by atoms with Gasteiger partial charge in [-0.1, -0.05) is 0 Å². The van der Waals surface area contributed by atoms with Crippen molar-refractivity contribution in [2.75, 3.05) is 12.3 Å². The summed E-state index contributed by atoms with van der Waals surface area (Å²) in [5.41, 5.74) is 16.1. The SMILES string of the molecule is NC(N)=NCCCC(N)C(=O)NC(CC(=O)O)C(=O)NC(CS)C(=O)NC(CCC(=O)O)C(=O)O. The van der Waals surface area contributed by atoms with Gasteiger partial charge in [0.1, 0.15) is 18.1 Å². The lowest BCUT2D eigenvalue weighted by atomic mass is 10.1. The van der Waals surface area contributed by atoms with Gasteiger partial charge in [-0.2, -0.15) is 12.6 Å². The van der Waals surface area contributed by atoms with Gasteiger partial charge < -0.3 is 48.5 Å². The van der Waals surface area contributed by atoms with Crippen LogP contribution in [0.1, 0.15) is 32.1 Å². The fourth-order valence-corrected chi connectivity index (χ4v) is 2.83. The number of aliphatic carboxylic acids is 3. The van der Waals surface area contributed by atoms with Gasteiger partial charge in [-0.05, 0) is 19.3 Å². The summed E-state index contributed by atoms with van der Waals surface area (Å²) in [4.78, 5) is 74.1. The zero-order chi connectivity index (χ0) is 27.1. The van der Waals surface area contributed by atoms with E-state index >= 15 is 0 Å². The molecule has 0 rings (SSSR count). The Morgan fingerprint density at radius 1 is 0.800 bits per heavy atom. The van der Waals surface area contributed by atoms with Gasteiger partial charge in [0, 0.05) is 18.7 Å². The number of carboxylic acids is 3. The van der Waals surface area contributed by atoms with E-state index in [9.17, 15) is 28.8 Å². The average molecular weight is 522 g/mol. The van der Waals surface area contributed by atoms with Crippen molar-refractivity contribution < 1.29 is 44.1 Å². The predicted octanol–water partition coefficient (Wildman–Crippen LogP) is -3.82. The van der Waals surface area contributed by atoms with Crippen molar-refractivity contribution in [3.8, 4) is 0 Å². The second kappa shape index (κ2) is 16.1. The van der Waals surface area contributed by atoms with Crippen molar-refractivity contribution in [3.05, 3.63) is 0 Å². The van der Waals surface area contributed by atoms with Crippen molar-refractivity contribution in [2.24, 2.45) is 22.2 Å². The molecule has 0 aromatic heterocycles. The Labute approximate surface area is 205 Å². The molecule has 4 unspecified atom stereocenters. The van der Waals surface area contributed by atoms with Gasteiger partial charge in [0.25, 0.3) is 0 Å². The highest BCUT2D eigenvalue weighted by atomic mass is 32.1. The summed E-state index contributed by atoms with van der Waals surface area (Å²) in [7, 11) is 0. The molecule has 0 aliphatic rings. The van der Waals surface area contributed by atoms with Crippen molar-refractivity contribution >= 4 is 54.2 Å². The standard InChI is InChI=1S/C18H31N7O9S/c19-8(2-1-5-22-18(20)21)14(30)24-10(6-13(28)29)15(31)25-11(7-35)16(32)23-9(17(33)34)3-4-12(26)27/h8-11,35H,1-7,19H2,(H,23,32)(H,24,30)(H,25,31)(H,26,27)(H,28,29)(H,33,34)(H4,20,21,22). The first kappa shape index (κ1) is 31.4. The molecular formula is C18H31N7O9S. The van der Waals surface area contributed by atoms with E-state index in [1.807, 2.05) is 0 Å². The molecule has 0 fully saturated rings. The number of thiol groups is 1. The third-order valence-electron chi connectivity index (χ3n) is 4.39. The number of carboxylic acid groups (broad SMARTS) is 3. The molecule has 0 aromatic rings. The van der Waals surface area contributed by atoms with Crippen LogP contribution in [0.25, 0.3) is 0 Å². The van der Waals surface area contributed by atoms with Gasteiger partial charge in [-0.3, -0.25) is 29.0 Å². The normalized spacial score (nSPS) is 13.9. The number of carbonyl (C=O) groups excluding carboxylic acids is 3. The minimum absolute atomic E-state index is 0.124. The maximum atomic E-state index is 12.6. The number of nitrogens with one attached hydrogen (secondary N) is 3. The molecule has 0 aromatic carbocycles. The number of hydrogen-bond donors (Lipinski definition) is 10. The number of amides is 3. The van der Waals surface area contributed by atoms with Gasteiger partial charge in [0.2, 0.25) is 17.7 Å². The lowest BCUT2D eigenvalue weighted by Gasteiger charge is -2.23. The van der Waals surface area contributed by atoms with Gasteiger partial charge in [-0.25, -0.2) is 4.79 Å². The van der Waals surface area contributed by atoms with E-state index in [4.69, 9.17) is 32.5 Å². The molecule has 0 aliphatic carbocycles. The number of rotatable bonds is 17. The van der Waals surface area contributed by atoms with Crippen LogP contribution in [0.4, 0.5) is 0 Å². The van der Waals surface area contributed by atoms with E-state index in [1.54, 1.807) is 0 Å². The number of hydrogen-bond acceptors (Lipinski definition) is 9. The molecule has 12 N–H and O–H groups in total. The molecule has 0 radical (unpaired) electrons. The minimum Gasteiger partial charge on any atom is -0.481 e. The molecule has 4 atom stereocenters. The van der Waals surface area contributed by atoms with E-state index in [-0.39, 0.29) is 24.7 Å². The Bertz CT molecular complexity index is 820. The summed E-state index contributed by atoms with van der Waals surface area (Å²) in [5, 5.41) is 33.4. The molecule has 16 nitrogen and oxygen atoms in total. The average Bonchev–Trinajstić information content (AvgIpc) is 2.75. The van der Waals surface area contributed by atoms with E-state index < -0.39 is 79.1 Å². The second-order valence-electron chi connectivity index (χ2n) is 7.29. The van der Waals surface area contributed by atoms with Crippen LogP contribution in [0.2, 0.25) is 0 Å². The van der Waals surface area contributed by atoms with Crippen LogP contribution >= 0.6 is 12.6 Å². The van der Waals surface area contributed by atoms with Gasteiger partial charge in [0.15, 0.2) is 5.96 Å². The second-order valence-corrected chi connectivity index (χ2v) is 7.66. The monoisotopic (exact) mass is 521 g/mol. The number of aliphatic imine (C=N–C) groups is 1. The highest BCUT2D eigenvalue weighted by Crippen LogP contribution is 2.03.